The van der Waals surface area contributed by atoms with Crippen LogP contribution in [0.15, 0.2) is 24.3 Å². The molecular weight excluding hydrogens is 336 g/mol. The Balaban J connectivity index is 2.08. The van der Waals surface area contributed by atoms with Gasteiger partial charge in [-0.3, -0.25) is 0 Å². The van der Waals surface area contributed by atoms with Crippen molar-refractivity contribution in [3.8, 4) is 11.5 Å². The van der Waals surface area contributed by atoms with Crippen molar-refractivity contribution in [1.29, 1.82) is 0 Å². The Morgan fingerprint density at radius 3 is 2.68 bits per heavy atom. The number of rotatable bonds is 4. The Morgan fingerprint density at radius 2 is 2.04 bits per heavy atom. The first-order valence-corrected chi connectivity index (χ1v) is 9.28. The molecule has 4 unspecified atom stereocenters. The standard InChI is InChI=1S/C21H29ClO3/c1-13-6-7-17-20(13,2)9-8-18(23)21(17,3)12-14-10-15(24-4)11-16(25-5)19(14)22/h10-11,17-18,23H,1,6-9,12H2,2-5H3/i18D. The molecule has 25 heavy (non-hydrogen) atoms. The zero-order valence-electron chi connectivity index (χ0n) is 16.6. The lowest BCUT2D eigenvalue weighted by Crippen LogP contribution is -2.50. The molecule has 3 nitrogen and oxygen atoms in total. The molecule has 4 heteroatoms. The number of methoxy groups -OCH3 is 2. The van der Waals surface area contributed by atoms with Crippen molar-refractivity contribution in [2.45, 2.75) is 52.0 Å². The maximum Gasteiger partial charge on any atom is 0.141 e. The minimum absolute atomic E-state index is 0.0303. The Labute approximate surface area is 157 Å². The van der Waals surface area contributed by atoms with Crippen molar-refractivity contribution in [2.24, 2.45) is 16.7 Å². The van der Waals surface area contributed by atoms with E-state index in [1.807, 2.05) is 13.0 Å². The highest BCUT2D eigenvalue weighted by atomic mass is 35.5. The van der Waals surface area contributed by atoms with Gasteiger partial charge in [0.15, 0.2) is 0 Å². The van der Waals surface area contributed by atoms with Crippen molar-refractivity contribution in [3.63, 3.8) is 0 Å². The molecule has 0 spiro atoms. The van der Waals surface area contributed by atoms with E-state index in [1.54, 1.807) is 20.3 Å². The predicted molar refractivity (Wildman–Crippen MR) is 102 cm³/mol. The highest BCUT2D eigenvalue weighted by molar-refractivity contribution is 6.32. The number of fused-ring (bicyclic) bond motifs is 1. The van der Waals surface area contributed by atoms with E-state index in [1.165, 1.54) is 5.57 Å². The summed E-state index contributed by atoms with van der Waals surface area (Å²) in [6.45, 7) is 8.57. The molecule has 3 rings (SSSR count). The molecule has 1 N–H and O–H groups in total. The lowest BCUT2D eigenvalue weighted by molar-refractivity contribution is -0.0823. The van der Waals surface area contributed by atoms with Gasteiger partial charge in [-0.25, -0.2) is 0 Å². The van der Waals surface area contributed by atoms with E-state index in [9.17, 15) is 5.11 Å². The van der Waals surface area contributed by atoms with Gasteiger partial charge in [0.05, 0.1) is 26.7 Å². The first-order valence-electron chi connectivity index (χ1n) is 9.40. The van der Waals surface area contributed by atoms with Crippen LogP contribution in [0.4, 0.5) is 0 Å². The normalized spacial score (nSPS) is 38.2. The second-order valence-electron chi connectivity index (χ2n) is 7.96. The molecule has 0 saturated heterocycles. The van der Waals surface area contributed by atoms with Crippen molar-refractivity contribution in [1.82, 2.24) is 0 Å². The third-order valence-electron chi connectivity index (χ3n) is 6.72. The van der Waals surface area contributed by atoms with E-state index < -0.39 is 11.5 Å². The zero-order chi connectivity index (χ0) is 19.3. The highest BCUT2D eigenvalue weighted by Crippen LogP contribution is 2.62. The number of ether oxygens (including phenoxy) is 2. The molecule has 0 aliphatic heterocycles. The van der Waals surface area contributed by atoms with Gasteiger partial charge in [-0.2, -0.15) is 0 Å². The molecule has 1 aromatic rings. The van der Waals surface area contributed by atoms with Gasteiger partial charge in [-0.15, -0.1) is 0 Å². The molecule has 1 aromatic carbocycles. The lowest BCUT2D eigenvalue weighted by atomic mass is 9.53. The van der Waals surface area contributed by atoms with Crippen LogP contribution in [0.3, 0.4) is 0 Å². The number of hydrogen-bond acceptors (Lipinski definition) is 3. The van der Waals surface area contributed by atoms with Crippen LogP contribution in [-0.4, -0.2) is 25.4 Å². The topological polar surface area (TPSA) is 38.7 Å². The fourth-order valence-electron chi connectivity index (χ4n) is 5.05. The summed E-state index contributed by atoms with van der Waals surface area (Å²) in [7, 11) is 3.18. The van der Waals surface area contributed by atoms with E-state index in [-0.39, 0.29) is 11.3 Å². The Bertz CT molecular complexity index is 732. The maximum absolute atomic E-state index is 11.1. The molecule has 0 bridgehead atoms. The van der Waals surface area contributed by atoms with Crippen molar-refractivity contribution < 1.29 is 16.0 Å². The Kier molecular flexibility index (Phi) is 4.49. The summed E-state index contributed by atoms with van der Waals surface area (Å²) in [5.74, 6) is 1.40. The monoisotopic (exact) mass is 365 g/mol. The molecule has 4 atom stereocenters. The van der Waals surface area contributed by atoms with Gasteiger partial charge in [0.1, 0.15) is 11.5 Å². The third kappa shape index (κ3) is 2.86. The SMILES string of the molecule is [2H]C1(O)CCC2(C)C(=C)CCC2C1(C)Cc1cc(OC)cc(OC)c1Cl. The summed E-state index contributed by atoms with van der Waals surface area (Å²) in [6.07, 6.45) is 2.14. The fourth-order valence-corrected chi connectivity index (χ4v) is 5.30. The van der Waals surface area contributed by atoms with Gasteiger partial charge in [-0.1, -0.05) is 37.6 Å². The van der Waals surface area contributed by atoms with Crippen LogP contribution in [0.2, 0.25) is 5.02 Å². The Hall–Kier alpha value is -1.19. The first kappa shape index (κ1) is 17.2. The van der Waals surface area contributed by atoms with Crippen LogP contribution in [0.5, 0.6) is 11.5 Å². The second kappa shape index (κ2) is 6.51. The van der Waals surface area contributed by atoms with Gasteiger partial charge in [-0.05, 0) is 55.1 Å². The predicted octanol–water partition coefficient (Wildman–Crippen LogP) is 5.03. The maximum atomic E-state index is 11.1. The van der Waals surface area contributed by atoms with Crippen LogP contribution in [0, 0.1) is 16.7 Å². The number of benzene rings is 1. The van der Waals surface area contributed by atoms with E-state index in [0.717, 1.165) is 24.8 Å². The van der Waals surface area contributed by atoms with Crippen LogP contribution in [0.25, 0.3) is 0 Å². The summed E-state index contributed by atoms with van der Waals surface area (Å²) in [4.78, 5) is 0. The number of halogens is 1. The van der Waals surface area contributed by atoms with Gasteiger partial charge in [0.25, 0.3) is 0 Å². The molecule has 2 saturated carbocycles. The smallest absolute Gasteiger partial charge is 0.141 e. The van der Waals surface area contributed by atoms with Crippen molar-refractivity contribution in [3.05, 3.63) is 34.9 Å². The third-order valence-corrected chi connectivity index (χ3v) is 7.15. The minimum atomic E-state index is -1.51. The van der Waals surface area contributed by atoms with E-state index in [0.29, 0.717) is 29.4 Å². The molecule has 0 aromatic heterocycles. The molecular formula is C21H29ClO3. The molecule has 0 heterocycles. The van der Waals surface area contributed by atoms with Gasteiger partial charge < -0.3 is 14.6 Å². The average Bonchev–Trinajstić information content (AvgIpc) is 2.90. The molecule has 2 aliphatic carbocycles. The quantitative estimate of drug-likeness (QED) is 0.760. The van der Waals surface area contributed by atoms with Crippen LogP contribution >= 0.6 is 11.6 Å². The molecule has 0 amide bonds. The van der Waals surface area contributed by atoms with E-state index >= 15 is 0 Å². The fraction of sp³-hybridized carbons (Fsp3) is 0.619. The Morgan fingerprint density at radius 1 is 1.32 bits per heavy atom. The molecule has 2 aliphatic rings. The van der Waals surface area contributed by atoms with Crippen molar-refractivity contribution in [2.75, 3.05) is 14.2 Å². The second-order valence-corrected chi connectivity index (χ2v) is 8.33. The first-order chi connectivity index (χ1) is 12.1. The summed E-state index contributed by atoms with van der Waals surface area (Å²) < 4.78 is 19.5. The molecule has 0 radical (unpaired) electrons. The number of hydrogen-bond donors (Lipinski definition) is 1. The van der Waals surface area contributed by atoms with Gasteiger partial charge in [0, 0.05) is 11.5 Å². The van der Waals surface area contributed by atoms with Crippen LogP contribution < -0.4 is 9.47 Å². The highest BCUT2D eigenvalue weighted by Gasteiger charge is 2.56. The summed E-state index contributed by atoms with van der Waals surface area (Å²) in [5.41, 5.74) is 1.43. The molecule has 2 fully saturated rings. The summed E-state index contributed by atoms with van der Waals surface area (Å²) >= 11 is 6.58. The molecule has 138 valence electrons. The van der Waals surface area contributed by atoms with Gasteiger partial charge >= 0.3 is 0 Å². The summed E-state index contributed by atoms with van der Waals surface area (Å²) in [5, 5.41) is 11.6. The largest absolute Gasteiger partial charge is 0.497 e. The van der Waals surface area contributed by atoms with E-state index in [4.69, 9.17) is 22.4 Å². The number of allylic oxidation sites excluding steroid dienone is 1. The van der Waals surface area contributed by atoms with Crippen LogP contribution in [-0.2, 0) is 6.42 Å². The van der Waals surface area contributed by atoms with Crippen molar-refractivity contribution >= 4 is 11.6 Å². The number of aliphatic hydroxyl groups is 1. The van der Waals surface area contributed by atoms with E-state index in [2.05, 4.69) is 13.5 Å². The average molecular weight is 366 g/mol. The van der Waals surface area contributed by atoms with Gasteiger partial charge in [0.2, 0.25) is 0 Å². The zero-order valence-corrected chi connectivity index (χ0v) is 16.4. The summed E-state index contributed by atoms with van der Waals surface area (Å²) in [6, 6.07) is 3.64. The lowest BCUT2D eigenvalue weighted by Gasteiger charge is -2.52. The minimum Gasteiger partial charge on any atom is -0.497 e. The van der Waals surface area contributed by atoms with Crippen LogP contribution in [0.1, 0.15) is 46.5 Å².